The van der Waals surface area contributed by atoms with Gasteiger partial charge in [-0.15, -0.1) is 0 Å². The van der Waals surface area contributed by atoms with Crippen LogP contribution in [0.4, 0.5) is 0 Å². The van der Waals surface area contributed by atoms with Crippen LogP contribution in [0.15, 0.2) is 77.6 Å². The molecule has 4 rings (SSSR count). The molecule has 1 unspecified atom stereocenters. The van der Waals surface area contributed by atoms with Gasteiger partial charge >= 0.3 is 0 Å². The number of hydrogen-bond donors (Lipinski definition) is 0. The maximum atomic E-state index is 13.8. The van der Waals surface area contributed by atoms with Crippen molar-refractivity contribution >= 4 is 11.8 Å². The number of likely N-dealkylation sites (tertiary alicyclic amines) is 1. The minimum absolute atomic E-state index is 0.00500. The lowest BCUT2D eigenvalue weighted by Crippen LogP contribution is -2.47. The first-order chi connectivity index (χ1) is 16.6. The van der Waals surface area contributed by atoms with Gasteiger partial charge in [0.05, 0.1) is 18.9 Å². The van der Waals surface area contributed by atoms with E-state index in [2.05, 4.69) is 25.1 Å². The lowest BCUT2D eigenvalue weighted by atomic mass is 9.93. The van der Waals surface area contributed by atoms with Crippen molar-refractivity contribution in [1.82, 2.24) is 9.80 Å². The molecule has 2 heterocycles. The number of para-hydroxylation sites is 1. The third-order valence-electron chi connectivity index (χ3n) is 6.62. The Morgan fingerprint density at radius 1 is 1.06 bits per heavy atom. The second kappa shape index (κ2) is 11.1. The van der Waals surface area contributed by atoms with Gasteiger partial charge in [0, 0.05) is 31.6 Å². The lowest BCUT2D eigenvalue weighted by molar-refractivity contribution is -0.139. The molecule has 3 aromatic rings. The number of methoxy groups -OCH3 is 1. The molecular weight excluding hydrogens is 428 g/mol. The number of carbonyl (C=O) groups excluding carboxylic acids is 2. The average molecular weight is 461 g/mol. The smallest absolute Gasteiger partial charge is 0.257 e. The number of carbonyl (C=O) groups is 2. The summed E-state index contributed by atoms with van der Waals surface area (Å²) in [6.07, 6.45) is 5.01. The number of rotatable bonds is 8. The molecular formula is C28H32N2O4. The zero-order valence-electron chi connectivity index (χ0n) is 19.9. The van der Waals surface area contributed by atoms with Crippen molar-refractivity contribution in [3.8, 4) is 5.75 Å². The van der Waals surface area contributed by atoms with E-state index in [0.717, 1.165) is 16.9 Å². The molecule has 178 valence electrons. The van der Waals surface area contributed by atoms with Crippen LogP contribution in [0.2, 0.25) is 0 Å². The molecule has 0 bridgehead atoms. The Labute approximate surface area is 201 Å². The van der Waals surface area contributed by atoms with E-state index in [0.29, 0.717) is 44.5 Å². The predicted molar refractivity (Wildman–Crippen MR) is 130 cm³/mol. The Morgan fingerprint density at radius 2 is 1.76 bits per heavy atom. The highest BCUT2D eigenvalue weighted by Crippen LogP contribution is 2.26. The van der Waals surface area contributed by atoms with Crippen molar-refractivity contribution in [2.75, 3.05) is 20.2 Å². The molecule has 1 aromatic heterocycles. The molecule has 0 radical (unpaired) electrons. The molecule has 1 aliphatic rings. The monoisotopic (exact) mass is 460 g/mol. The molecule has 1 aliphatic heterocycles. The van der Waals surface area contributed by atoms with Gasteiger partial charge in [0.1, 0.15) is 12.0 Å². The Kier molecular flexibility index (Phi) is 7.68. The average Bonchev–Trinajstić information content (AvgIpc) is 3.42. The van der Waals surface area contributed by atoms with E-state index in [9.17, 15) is 9.59 Å². The maximum absolute atomic E-state index is 13.8. The van der Waals surface area contributed by atoms with E-state index in [4.69, 9.17) is 9.15 Å². The molecule has 0 aliphatic carbocycles. The van der Waals surface area contributed by atoms with Crippen LogP contribution in [-0.4, -0.2) is 47.9 Å². The quantitative estimate of drug-likeness (QED) is 0.484. The SMILES string of the molecule is COc1ccccc1CC(C)N(Cc1ccccc1)C(=O)C1CCN(C(=O)c2ccoc2)CC1. The molecule has 1 saturated heterocycles. The van der Waals surface area contributed by atoms with Crippen LogP contribution in [-0.2, 0) is 17.8 Å². The van der Waals surface area contributed by atoms with Crippen molar-refractivity contribution < 1.29 is 18.7 Å². The zero-order chi connectivity index (χ0) is 23.9. The van der Waals surface area contributed by atoms with Crippen LogP contribution in [0.1, 0.15) is 41.3 Å². The molecule has 1 atom stereocenters. The Morgan fingerprint density at radius 3 is 2.44 bits per heavy atom. The van der Waals surface area contributed by atoms with Crippen molar-refractivity contribution in [2.45, 2.75) is 38.8 Å². The van der Waals surface area contributed by atoms with E-state index in [1.54, 1.807) is 13.2 Å². The van der Waals surface area contributed by atoms with E-state index in [-0.39, 0.29) is 23.8 Å². The lowest BCUT2D eigenvalue weighted by Gasteiger charge is -2.37. The summed E-state index contributed by atoms with van der Waals surface area (Å²) in [4.78, 5) is 30.2. The minimum atomic E-state index is -0.0998. The van der Waals surface area contributed by atoms with Gasteiger partial charge in [0.25, 0.3) is 5.91 Å². The van der Waals surface area contributed by atoms with Crippen LogP contribution in [0.25, 0.3) is 0 Å². The Bertz CT molecular complexity index is 1070. The van der Waals surface area contributed by atoms with Crippen molar-refractivity contribution in [1.29, 1.82) is 0 Å². The molecule has 0 N–H and O–H groups in total. The second-order valence-electron chi connectivity index (χ2n) is 8.90. The normalized spacial score (nSPS) is 15.1. The molecule has 0 saturated carbocycles. The summed E-state index contributed by atoms with van der Waals surface area (Å²) in [5.41, 5.74) is 2.75. The van der Waals surface area contributed by atoms with Gasteiger partial charge in [-0.1, -0.05) is 48.5 Å². The standard InChI is InChI=1S/C28H32N2O4/c1-21(18-24-10-6-7-11-26(24)33-2)30(19-22-8-4-3-5-9-22)28(32)23-12-15-29(16-13-23)27(31)25-14-17-34-20-25/h3-11,14,17,20-21,23H,12-13,15-16,18-19H2,1-2H3. The van der Waals surface area contributed by atoms with Crippen LogP contribution < -0.4 is 4.74 Å². The molecule has 2 aromatic carbocycles. The largest absolute Gasteiger partial charge is 0.496 e. The molecule has 34 heavy (non-hydrogen) atoms. The van der Waals surface area contributed by atoms with E-state index >= 15 is 0 Å². The van der Waals surface area contributed by atoms with Crippen LogP contribution in [0.5, 0.6) is 5.75 Å². The number of hydrogen-bond acceptors (Lipinski definition) is 4. The highest BCUT2D eigenvalue weighted by atomic mass is 16.5. The van der Waals surface area contributed by atoms with Gasteiger partial charge in [-0.25, -0.2) is 0 Å². The maximum Gasteiger partial charge on any atom is 0.257 e. The number of ether oxygens (including phenoxy) is 1. The molecule has 2 amide bonds. The van der Waals surface area contributed by atoms with Gasteiger partial charge in [0.2, 0.25) is 5.91 Å². The fourth-order valence-electron chi connectivity index (χ4n) is 4.66. The van der Waals surface area contributed by atoms with Gasteiger partial charge in [-0.05, 0) is 49.4 Å². The summed E-state index contributed by atoms with van der Waals surface area (Å²) in [5, 5.41) is 0. The van der Waals surface area contributed by atoms with Crippen LogP contribution in [0.3, 0.4) is 0 Å². The molecule has 6 nitrogen and oxygen atoms in total. The fraction of sp³-hybridized carbons (Fsp3) is 0.357. The Balaban J connectivity index is 1.47. The van der Waals surface area contributed by atoms with Gasteiger partial charge < -0.3 is 19.0 Å². The van der Waals surface area contributed by atoms with Crippen molar-refractivity contribution in [3.63, 3.8) is 0 Å². The van der Waals surface area contributed by atoms with Gasteiger partial charge in [-0.2, -0.15) is 0 Å². The Hall–Kier alpha value is -3.54. The zero-order valence-corrected chi connectivity index (χ0v) is 19.9. The highest BCUT2D eigenvalue weighted by Gasteiger charge is 2.33. The van der Waals surface area contributed by atoms with Crippen LogP contribution >= 0.6 is 0 Å². The summed E-state index contributed by atoms with van der Waals surface area (Å²) in [7, 11) is 1.68. The third-order valence-corrected chi connectivity index (χ3v) is 6.62. The van der Waals surface area contributed by atoms with Gasteiger partial charge in [-0.3, -0.25) is 9.59 Å². The number of nitrogens with zero attached hydrogens (tertiary/aromatic N) is 2. The summed E-state index contributed by atoms with van der Waals surface area (Å²) < 4.78 is 10.6. The first-order valence-electron chi connectivity index (χ1n) is 11.8. The summed E-state index contributed by atoms with van der Waals surface area (Å²) in [5.74, 6) is 0.858. The summed E-state index contributed by atoms with van der Waals surface area (Å²) in [6.45, 7) is 3.80. The first-order valence-corrected chi connectivity index (χ1v) is 11.8. The van der Waals surface area contributed by atoms with Gasteiger partial charge in [0.15, 0.2) is 0 Å². The fourth-order valence-corrected chi connectivity index (χ4v) is 4.66. The highest BCUT2D eigenvalue weighted by molar-refractivity contribution is 5.94. The second-order valence-corrected chi connectivity index (χ2v) is 8.90. The summed E-state index contributed by atoms with van der Waals surface area (Å²) in [6, 6.07) is 19.8. The van der Waals surface area contributed by atoms with E-state index in [1.807, 2.05) is 46.2 Å². The van der Waals surface area contributed by atoms with Crippen molar-refractivity contribution in [3.05, 3.63) is 89.9 Å². The molecule has 0 spiro atoms. The summed E-state index contributed by atoms with van der Waals surface area (Å²) >= 11 is 0. The number of furan rings is 1. The molecule has 6 heteroatoms. The van der Waals surface area contributed by atoms with Crippen LogP contribution in [0, 0.1) is 5.92 Å². The number of benzene rings is 2. The first kappa shape index (κ1) is 23.6. The number of amides is 2. The third kappa shape index (κ3) is 5.50. The van der Waals surface area contributed by atoms with Crippen molar-refractivity contribution in [2.24, 2.45) is 5.92 Å². The van der Waals surface area contributed by atoms with E-state index in [1.165, 1.54) is 12.5 Å². The number of piperidine rings is 1. The topological polar surface area (TPSA) is 63.0 Å². The minimum Gasteiger partial charge on any atom is -0.496 e. The van der Waals surface area contributed by atoms with E-state index < -0.39 is 0 Å². The predicted octanol–water partition coefficient (Wildman–Crippen LogP) is 4.80. The molecule has 1 fully saturated rings.